The predicted octanol–water partition coefficient (Wildman–Crippen LogP) is 5.17. The van der Waals surface area contributed by atoms with Crippen molar-refractivity contribution >= 4 is 17.5 Å². The second-order valence-corrected chi connectivity index (χ2v) is 6.87. The van der Waals surface area contributed by atoms with Gasteiger partial charge in [-0.25, -0.2) is 0 Å². The monoisotopic (exact) mass is 298 g/mol. The Kier molecular flexibility index (Phi) is 5.63. The Morgan fingerprint density at radius 2 is 1.81 bits per heavy atom. The maximum absolute atomic E-state index is 12.3. The Morgan fingerprint density at radius 1 is 1.10 bits per heavy atom. The van der Waals surface area contributed by atoms with Crippen LogP contribution in [-0.2, 0) is 6.42 Å². The van der Waals surface area contributed by atoms with Gasteiger partial charge in [-0.1, -0.05) is 49.7 Å². The van der Waals surface area contributed by atoms with E-state index in [4.69, 9.17) is 0 Å². The molecule has 0 unspecified atom stereocenters. The molecule has 0 saturated heterocycles. The van der Waals surface area contributed by atoms with E-state index < -0.39 is 0 Å². The van der Waals surface area contributed by atoms with E-state index >= 15 is 0 Å². The van der Waals surface area contributed by atoms with Crippen molar-refractivity contribution in [3.05, 3.63) is 65.2 Å². The Bertz CT molecular complexity index is 599. The molecule has 0 bridgehead atoms. The van der Waals surface area contributed by atoms with Gasteiger partial charge < -0.3 is 0 Å². The minimum absolute atomic E-state index is 0.200. The Hall–Kier alpha value is -1.54. The molecular formula is C19H22OS. The van der Waals surface area contributed by atoms with Gasteiger partial charge in [0, 0.05) is 10.5 Å². The lowest BCUT2D eigenvalue weighted by molar-refractivity contribution is 0.102. The molecule has 0 spiro atoms. The number of aryl methyl sites for hydroxylation is 1. The Balaban J connectivity index is 1.98. The van der Waals surface area contributed by atoms with Crippen LogP contribution in [0.3, 0.4) is 0 Å². The summed E-state index contributed by atoms with van der Waals surface area (Å²) in [5.41, 5.74) is 3.32. The molecule has 0 radical (unpaired) electrons. The van der Waals surface area contributed by atoms with Crippen LogP contribution in [0.15, 0.2) is 53.4 Å². The average molecular weight is 298 g/mol. The van der Waals surface area contributed by atoms with Crippen molar-refractivity contribution < 1.29 is 4.79 Å². The number of ketones is 1. The molecule has 0 aliphatic heterocycles. The zero-order valence-corrected chi connectivity index (χ0v) is 13.7. The molecule has 0 amide bonds. The highest BCUT2D eigenvalue weighted by Crippen LogP contribution is 2.20. The number of Topliss-reactive ketones (excluding diaryl/α,β-unsaturated/α-hetero) is 1. The first-order valence-electron chi connectivity index (χ1n) is 7.36. The Morgan fingerprint density at radius 3 is 2.48 bits per heavy atom. The minimum atomic E-state index is 0.200. The lowest BCUT2D eigenvalue weighted by Gasteiger charge is -2.07. The van der Waals surface area contributed by atoms with Crippen LogP contribution < -0.4 is 0 Å². The highest BCUT2D eigenvalue weighted by molar-refractivity contribution is 8.00. The van der Waals surface area contributed by atoms with Gasteiger partial charge in [-0.05, 0) is 43.0 Å². The number of hydrogen-bond donors (Lipinski definition) is 0. The molecule has 0 N–H and O–H groups in total. The first-order valence-corrected chi connectivity index (χ1v) is 8.35. The van der Waals surface area contributed by atoms with E-state index in [1.54, 1.807) is 11.8 Å². The van der Waals surface area contributed by atoms with Gasteiger partial charge in [0.2, 0.25) is 0 Å². The molecule has 2 aromatic rings. The summed E-state index contributed by atoms with van der Waals surface area (Å²) in [6.07, 6.45) is 1.02. The molecule has 0 aliphatic rings. The first-order chi connectivity index (χ1) is 10.0. The third kappa shape index (κ3) is 5.05. The zero-order valence-electron chi connectivity index (χ0n) is 12.9. The highest BCUT2D eigenvalue weighted by Gasteiger charge is 2.08. The maximum atomic E-state index is 12.3. The summed E-state index contributed by atoms with van der Waals surface area (Å²) in [5.74, 6) is 1.30. The van der Waals surface area contributed by atoms with E-state index in [0.29, 0.717) is 11.7 Å². The van der Waals surface area contributed by atoms with Gasteiger partial charge in [-0.3, -0.25) is 4.79 Å². The van der Waals surface area contributed by atoms with Crippen LogP contribution in [0.1, 0.15) is 35.3 Å². The van der Waals surface area contributed by atoms with Gasteiger partial charge in [-0.2, -0.15) is 0 Å². The molecule has 0 atom stereocenters. The largest absolute Gasteiger partial charge is 0.293 e. The summed E-state index contributed by atoms with van der Waals surface area (Å²) in [6, 6.07) is 16.3. The van der Waals surface area contributed by atoms with Crippen LogP contribution in [0.5, 0.6) is 0 Å². The van der Waals surface area contributed by atoms with Crippen molar-refractivity contribution in [2.45, 2.75) is 32.1 Å². The lowest BCUT2D eigenvalue weighted by atomic mass is 10.00. The maximum Gasteiger partial charge on any atom is 0.173 e. The number of carbonyl (C=O) groups excluding carboxylic acids is 1. The SMILES string of the molecule is Cc1ccc(SCC(=O)c2cccc(CC(C)C)c2)cc1. The summed E-state index contributed by atoms with van der Waals surface area (Å²) >= 11 is 1.60. The van der Waals surface area contributed by atoms with Crippen LogP contribution >= 0.6 is 11.8 Å². The van der Waals surface area contributed by atoms with Crippen molar-refractivity contribution in [1.29, 1.82) is 0 Å². The van der Waals surface area contributed by atoms with E-state index in [1.807, 2.05) is 18.2 Å². The minimum Gasteiger partial charge on any atom is -0.293 e. The number of hydrogen-bond acceptors (Lipinski definition) is 2. The summed E-state index contributed by atoms with van der Waals surface area (Å²) in [5, 5.41) is 0. The number of benzene rings is 2. The average Bonchev–Trinajstić information content (AvgIpc) is 2.46. The van der Waals surface area contributed by atoms with Crippen LogP contribution in [-0.4, -0.2) is 11.5 Å². The van der Waals surface area contributed by atoms with Gasteiger partial charge in [0.25, 0.3) is 0 Å². The number of thioether (sulfide) groups is 1. The summed E-state index contributed by atoms with van der Waals surface area (Å²) in [7, 11) is 0. The van der Waals surface area contributed by atoms with Crippen molar-refractivity contribution in [2.75, 3.05) is 5.75 Å². The van der Waals surface area contributed by atoms with Crippen LogP contribution in [0.4, 0.5) is 0 Å². The van der Waals surface area contributed by atoms with Gasteiger partial charge in [-0.15, -0.1) is 11.8 Å². The quantitative estimate of drug-likeness (QED) is 0.540. The normalized spacial score (nSPS) is 10.9. The third-order valence-electron chi connectivity index (χ3n) is 3.28. The summed E-state index contributed by atoms with van der Waals surface area (Å²) < 4.78 is 0. The second kappa shape index (κ2) is 7.46. The van der Waals surface area contributed by atoms with Crippen LogP contribution in [0.25, 0.3) is 0 Å². The Labute approximate surface area is 131 Å². The first kappa shape index (κ1) is 15.8. The highest BCUT2D eigenvalue weighted by atomic mass is 32.2. The second-order valence-electron chi connectivity index (χ2n) is 5.82. The van der Waals surface area contributed by atoms with Crippen LogP contribution in [0, 0.1) is 12.8 Å². The fraction of sp³-hybridized carbons (Fsp3) is 0.316. The molecule has 2 heteroatoms. The third-order valence-corrected chi connectivity index (χ3v) is 4.30. The summed E-state index contributed by atoms with van der Waals surface area (Å²) in [4.78, 5) is 13.4. The van der Waals surface area contributed by atoms with Crippen molar-refractivity contribution in [1.82, 2.24) is 0 Å². The standard InChI is InChI=1S/C19H22OS/c1-14(2)11-16-5-4-6-17(12-16)19(20)13-21-18-9-7-15(3)8-10-18/h4-10,12,14H,11,13H2,1-3H3. The molecule has 1 nitrogen and oxygen atoms in total. The van der Waals surface area contributed by atoms with E-state index in [9.17, 15) is 4.79 Å². The van der Waals surface area contributed by atoms with Gasteiger partial charge in [0.15, 0.2) is 5.78 Å². The van der Waals surface area contributed by atoms with Gasteiger partial charge in [0.1, 0.15) is 0 Å². The smallest absolute Gasteiger partial charge is 0.173 e. The van der Waals surface area contributed by atoms with E-state index in [2.05, 4.69) is 51.1 Å². The molecule has 21 heavy (non-hydrogen) atoms. The van der Waals surface area contributed by atoms with Crippen molar-refractivity contribution in [3.8, 4) is 0 Å². The number of rotatable bonds is 6. The topological polar surface area (TPSA) is 17.1 Å². The van der Waals surface area contributed by atoms with Crippen molar-refractivity contribution in [3.63, 3.8) is 0 Å². The van der Waals surface area contributed by atoms with Crippen molar-refractivity contribution in [2.24, 2.45) is 5.92 Å². The van der Waals surface area contributed by atoms with Gasteiger partial charge >= 0.3 is 0 Å². The van der Waals surface area contributed by atoms with E-state index in [-0.39, 0.29) is 5.78 Å². The van der Waals surface area contributed by atoms with E-state index in [0.717, 1.165) is 16.9 Å². The zero-order chi connectivity index (χ0) is 15.2. The van der Waals surface area contributed by atoms with E-state index in [1.165, 1.54) is 11.1 Å². The molecule has 0 aromatic heterocycles. The molecule has 0 aliphatic carbocycles. The van der Waals surface area contributed by atoms with Gasteiger partial charge in [0.05, 0.1) is 5.75 Å². The van der Waals surface area contributed by atoms with Crippen LogP contribution in [0.2, 0.25) is 0 Å². The number of carbonyl (C=O) groups is 1. The predicted molar refractivity (Wildman–Crippen MR) is 91.2 cm³/mol. The summed E-state index contributed by atoms with van der Waals surface area (Å²) in [6.45, 7) is 6.46. The fourth-order valence-corrected chi connectivity index (χ4v) is 3.00. The molecule has 2 aromatic carbocycles. The molecule has 0 heterocycles. The molecular weight excluding hydrogens is 276 g/mol. The molecule has 0 fully saturated rings. The lowest BCUT2D eigenvalue weighted by Crippen LogP contribution is -2.04. The fourth-order valence-electron chi connectivity index (χ4n) is 2.21. The molecule has 2 rings (SSSR count). The molecule has 0 saturated carbocycles. The molecule has 110 valence electrons.